The maximum atomic E-state index is 12.3. The molecule has 8 heteroatoms. The lowest BCUT2D eigenvalue weighted by Gasteiger charge is -2.11. The maximum Gasteiger partial charge on any atom is 0.323 e. The van der Waals surface area contributed by atoms with Gasteiger partial charge in [0, 0.05) is 17.4 Å². The molecule has 0 bridgehead atoms. The van der Waals surface area contributed by atoms with Crippen LogP contribution in [0.15, 0.2) is 79.0 Å². The van der Waals surface area contributed by atoms with Crippen molar-refractivity contribution in [2.24, 2.45) is 0 Å². The van der Waals surface area contributed by atoms with Crippen molar-refractivity contribution < 1.29 is 19.0 Å². The molecule has 1 heterocycles. The third-order valence-electron chi connectivity index (χ3n) is 5.01. The molecular formula is C25H24N4O4. The van der Waals surface area contributed by atoms with Crippen LogP contribution in [0.5, 0.6) is 17.2 Å². The number of nitrogens with one attached hydrogen (secondary N) is 2. The summed E-state index contributed by atoms with van der Waals surface area (Å²) in [5.41, 5.74) is 3.82. The van der Waals surface area contributed by atoms with E-state index in [0.29, 0.717) is 28.6 Å². The van der Waals surface area contributed by atoms with Crippen LogP contribution in [0, 0.1) is 0 Å². The highest BCUT2D eigenvalue weighted by Crippen LogP contribution is 2.32. The molecule has 2 N–H and O–H groups in total. The Hall–Kier alpha value is -4.46. The fraction of sp³-hybridized carbons (Fsp3) is 0.120. The lowest BCUT2D eigenvalue weighted by molar-refractivity contribution is 0.262. The van der Waals surface area contributed by atoms with Crippen LogP contribution in [-0.4, -0.2) is 37.1 Å². The fourth-order valence-electron chi connectivity index (χ4n) is 3.35. The number of carbonyl (C=O) groups excluding carboxylic acids is 1. The second-order valence-electron chi connectivity index (χ2n) is 7.04. The van der Waals surface area contributed by atoms with Gasteiger partial charge < -0.3 is 24.8 Å². The topological polar surface area (TPSA) is 86.6 Å². The van der Waals surface area contributed by atoms with Gasteiger partial charge in [-0.2, -0.15) is 5.10 Å². The number of methoxy groups -OCH3 is 3. The zero-order valence-corrected chi connectivity index (χ0v) is 18.5. The summed E-state index contributed by atoms with van der Waals surface area (Å²) in [6.45, 7) is 0. The van der Waals surface area contributed by atoms with Crippen LogP contribution in [0.3, 0.4) is 0 Å². The minimum Gasteiger partial charge on any atom is -0.495 e. The van der Waals surface area contributed by atoms with E-state index in [1.54, 1.807) is 38.1 Å². The molecule has 33 heavy (non-hydrogen) atoms. The normalized spacial score (nSPS) is 10.4. The van der Waals surface area contributed by atoms with E-state index < -0.39 is 0 Å². The number of aromatic nitrogens is 2. The highest BCUT2D eigenvalue weighted by Gasteiger charge is 2.10. The van der Waals surface area contributed by atoms with Gasteiger partial charge in [0.1, 0.15) is 5.75 Å². The summed E-state index contributed by atoms with van der Waals surface area (Å²) in [5, 5.41) is 10.3. The Balaban J connectivity index is 1.45. The molecule has 0 atom stereocenters. The Kier molecular flexibility index (Phi) is 6.45. The SMILES string of the molecule is COc1ccccc1NC(=O)Nc1ccc(-n2ccc(-c3ccc(OC)c(OC)c3)n2)cc1. The maximum absolute atomic E-state index is 12.3. The van der Waals surface area contributed by atoms with Crippen molar-refractivity contribution in [3.8, 4) is 34.2 Å². The van der Waals surface area contributed by atoms with Gasteiger partial charge in [0.2, 0.25) is 0 Å². The number of hydrogen-bond donors (Lipinski definition) is 2. The number of anilines is 2. The van der Waals surface area contributed by atoms with E-state index in [9.17, 15) is 4.79 Å². The first-order chi connectivity index (χ1) is 16.1. The number of para-hydroxylation sites is 2. The predicted molar refractivity (Wildman–Crippen MR) is 128 cm³/mol. The zero-order chi connectivity index (χ0) is 23.2. The number of carbonyl (C=O) groups is 1. The van der Waals surface area contributed by atoms with E-state index in [0.717, 1.165) is 16.9 Å². The highest BCUT2D eigenvalue weighted by atomic mass is 16.5. The minimum absolute atomic E-state index is 0.359. The molecular weight excluding hydrogens is 420 g/mol. The molecule has 0 aliphatic heterocycles. The Bertz CT molecular complexity index is 1250. The average Bonchev–Trinajstić information content (AvgIpc) is 3.34. The quantitative estimate of drug-likeness (QED) is 0.409. The number of nitrogens with zero attached hydrogens (tertiary/aromatic N) is 2. The smallest absolute Gasteiger partial charge is 0.323 e. The molecule has 0 unspecified atom stereocenters. The van der Waals surface area contributed by atoms with Crippen LogP contribution >= 0.6 is 0 Å². The van der Waals surface area contributed by atoms with Crippen LogP contribution in [0.1, 0.15) is 0 Å². The molecule has 0 fully saturated rings. The van der Waals surface area contributed by atoms with Gasteiger partial charge in [-0.15, -0.1) is 0 Å². The van der Waals surface area contributed by atoms with Gasteiger partial charge in [0.05, 0.1) is 38.4 Å². The van der Waals surface area contributed by atoms with Gasteiger partial charge in [-0.1, -0.05) is 12.1 Å². The minimum atomic E-state index is -0.359. The van der Waals surface area contributed by atoms with Crippen LogP contribution in [-0.2, 0) is 0 Å². The van der Waals surface area contributed by atoms with Crippen molar-refractivity contribution in [3.05, 3.63) is 79.0 Å². The molecule has 2 amide bonds. The summed E-state index contributed by atoms with van der Waals surface area (Å²) in [6, 6.07) is 21.8. The molecule has 168 valence electrons. The monoisotopic (exact) mass is 444 g/mol. The van der Waals surface area contributed by atoms with Crippen LogP contribution < -0.4 is 24.8 Å². The Labute approximate surface area is 191 Å². The molecule has 1 aromatic heterocycles. The van der Waals surface area contributed by atoms with E-state index in [-0.39, 0.29) is 6.03 Å². The van der Waals surface area contributed by atoms with Gasteiger partial charge in [0.25, 0.3) is 0 Å². The molecule has 0 aliphatic rings. The van der Waals surface area contributed by atoms with Crippen molar-refractivity contribution in [1.29, 1.82) is 0 Å². The van der Waals surface area contributed by atoms with E-state index in [2.05, 4.69) is 15.7 Å². The fourth-order valence-corrected chi connectivity index (χ4v) is 3.35. The summed E-state index contributed by atoms with van der Waals surface area (Å²) in [5.74, 6) is 1.90. The Morgan fingerprint density at radius 3 is 2.24 bits per heavy atom. The number of hydrogen-bond acceptors (Lipinski definition) is 5. The summed E-state index contributed by atoms with van der Waals surface area (Å²) in [7, 11) is 4.77. The van der Waals surface area contributed by atoms with Crippen molar-refractivity contribution >= 4 is 17.4 Å². The van der Waals surface area contributed by atoms with Crippen molar-refractivity contribution in [3.63, 3.8) is 0 Å². The summed E-state index contributed by atoms with van der Waals surface area (Å²) in [4.78, 5) is 12.3. The van der Waals surface area contributed by atoms with Gasteiger partial charge in [0.15, 0.2) is 11.5 Å². The van der Waals surface area contributed by atoms with E-state index in [1.807, 2.05) is 66.9 Å². The van der Waals surface area contributed by atoms with Crippen LogP contribution in [0.2, 0.25) is 0 Å². The molecule has 0 aliphatic carbocycles. The van der Waals surface area contributed by atoms with Crippen molar-refractivity contribution in [2.45, 2.75) is 0 Å². The number of rotatable bonds is 7. The van der Waals surface area contributed by atoms with Gasteiger partial charge >= 0.3 is 6.03 Å². The van der Waals surface area contributed by atoms with Crippen LogP contribution in [0.4, 0.5) is 16.2 Å². The molecule has 4 aromatic rings. The summed E-state index contributed by atoms with van der Waals surface area (Å²) >= 11 is 0. The zero-order valence-electron chi connectivity index (χ0n) is 18.5. The summed E-state index contributed by atoms with van der Waals surface area (Å²) < 4.78 is 17.7. The van der Waals surface area contributed by atoms with Gasteiger partial charge in [-0.25, -0.2) is 9.48 Å². The molecule has 3 aromatic carbocycles. The standard InChI is InChI=1S/C25H24N4O4/c1-31-22-7-5-4-6-21(22)27-25(30)26-18-9-11-19(12-10-18)29-15-14-20(28-29)17-8-13-23(32-2)24(16-17)33-3/h4-16H,1-3H3,(H2,26,27,30). The average molecular weight is 444 g/mol. The molecule has 0 saturated carbocycles. The van der Waals surface area contributed by atoms with Crippen LogP contribution in [0.25, 0.3) is 16.9 Å². The number of benzene rings is 3. The first kappa shape index (κ1) is 21.8. The Morgan fingerprint density at radius 2 is 1.52 bits per heavy atom. The molecule has 0 spiro atoms. The first-order valence-electron chi connectivity index (χ1n) is 10.2. The largest absolute Gasteiger partial charge is 0.495 e. The van der Waals surface area contributed by atoms with E-state index >= 15 is 0 Å². The molecule has 4 rings (SSSR count). The predicted octanol–water partition coefficient (Wildman–Crippen LogP) is 5.21. The first-order valence-corrected chi connectivity index (χ1v) is 10.2. The van der Waals surface area contributed by atoms with Crippen molar-refractivity contribution in [1.82, 2.24) is 9.78 Å². The number of urea groups is 1. The molecule has 0 saturated heterocycles. The van der Waals surface area contributed by atoms with E-state index in [1.165, 1.54) is 0 Å². The second-order valence-corrected chi connectivity index (χ2v) is 7.04. The van der Waals surface area contributed by atoms with Crippen molar-refractivity contribution in [2.75, 3.05) is 32.0 Å². The third-order valence-corrected chi connectivity index (χ3v) is 5.01. The van der Waals surface area contributed by atoms with Gasteiger partial charge in [-0.05, 0) is 60.7 Å². The third kappa shape index (κ3) is 4.90. The highest BCUT2D eigenvalue weighted by molar-refractivity contribution is 6.00. The lowest BCUT2D eigenvalue weighted by atomic mass is 10.1. The van der Waals surface area contributed by atoms with E-state index in [4.69, 9.17) is 14.2 Å². The van der Waals surface area contributed by atoms with Gasteiger partial charge in [-0.3, -0.25) is 0 Å². The second kappa shape index (κ2) is 9.78. The lowest BCUT2D eigenvalue weighted by Crippen LogP contribution is -2.19. The number of ether oxygens (including phenoxy) is 3. The molecule has 0 radical (unpaired) electrons. The number of amides is 2. The Morgan fingerprint density at radius 1 is 0.788 bits per heavy atom. The summed E-state index contributed by atoms with van der Waals surface area (Å²) in [6.07, 6.45) is 1.88. The molecule has 8 nitrogen and oxygen atoms in total.